The third-order valence-corrected chi connectivity index (χ3v) is 1.48. The van der Waals surface area contributed by atoms with Crippen LogP contribution in [0.25, 0.3) is 11.0 Å². The first-order chi connectivity index (χ1) is 7.38. The van der Waals surface area contributed by atoms with E-state index in [0.717, 1.165) is 17.1 Å². The molecule has 1 amide bonds. The van der Waals surface area contributed by atoms with Gasteiger partial charge in [-0.1, -0.05) is 12.1 Å². The Morgan fingerprint density at radius 3 is 2.00 bits per heavy atom. The Morgan fingerprint density at radius 2 is 1.67 bits per heavy atom. The molecule has 0 spiro atoms. The Hall–Kier alpha value is -2.39. The van der Waals surface area contributed by atoms with Gasteiger partial charge in [-0.3, -0.25) is 14.8 Å². The van der Waals surface area contributed by atoms with Crippen molar-refractivity contribution in [1.29, 1.82) is 0 Å². The van der Waals surface area contributed by atoms with Crippen molar-refractivity contribution < 1.29 is 9.59 Å². The summed E-state index contributed by atoms with van der Waals surface area (Å²) in [6.45, 7) is 0. The fourth-order valence-corrected chi connectivity index (χ4v) is 0.931. The second-order valence-corrected chi connectivity index (χ2v) is 2.37. The molecule has 15 heavy (non-hydrogen) atoms. The average Bonchev–Trinajstić information content (AvgIpc) is 2.31. The molecule has 1 heterocycles. The number of rotatable bonds is 1. The van der Waals surface area contributed by atoms with E-state index in [-0.39, 0.29) is 6.41 Å². The number of carbonyl (C=O) groups is 1. The van der Waals surface area contributed by atoms with E-state index in [9.17, 15) is 0 Å². The van der Waals surface area contributed by atoms with Gasteiger partial charge >= 0.3 is 0 Å². The summed E-state index contributed by atoms with van der Waals surface area (Å²) in [5, 5.41) is 0. The van der Waals surface area contributed by atoms with Crippen LogP contribution in [-0.2, 0) is 9.59 Å². The zero-order chi connectivity index (χ0) is 10.9. The number of isocyanates is 1. The highest BCUT2D eigenvalue weighted by Gasteiger charge is 1.88. The number of aromatic nitrogens is 2. The highest BCUT2D eigenvalue weighted by Crippen LogP contribution is 2.04. The molecule has 0 bridgehead atoms. The standard InChI is InChI=1S/C8H6N2.C2HNO2/c1-2-4-8-7(3-1)9-5-6-10-8;4-1-3-2-5/h1-6H;1H. The first-order valence-electron chi connectivity index (χ1n) is 4.05. The number of aliphatic imine (C=N–C) groups is 1. The van der Waals surface area contributed by atoms with Crippen molar-refractivity contribution in [2.24, 2.45) is 4.99 Å². The van der Waals surface area contributed by atoms with Gasteiger partial charge in [-0.15, -0.1) is 4.99 Å². The third-order valence-electron chi connectivity index (χ3n) is 1.48. The van der Waals surface area contributed by atoms with Gasteiger partial charge in [0.1, 0.15) is 0 Å². The Balaban J connectivity index is 0.000000195. The number of nitrogens with zero attached hydrogens (tertiary/aromatic N) is 3. The van der Waals surface area contributed by atoms with E-state index < -0.39 is 0 Å². The number of carbonyl (C=O) groups excluding carboxylic acids is 2. The summed E-state index contributed by atoms with van der Waals surface area (Å²) >= 11 is 0. The van der Waals surface area contributed by atoms with Gasteiger partial charge < -0.3 is 0 Å². The van der Waals surface area contributed by atoms with Crippen LogP contribution in [0.1, 0.15) is 0 Å². The SMILES string of the molecule is O=C=NC=O.c1ccc2nccnc2c1. The minimum atomic E-state index is 0.132. The molecule has 5 heteroatoms. The number of hydrogen-bond acceptors (Lipinski definition) is 4. The van der Waals surface area contributed by atoms with Crippen LogP contribution in [-0.4, -0.2) is 22.5 Å². The summed E-state index contributed by atoms with van der Waals surface area (Å²) in [5.41, 5.74) is 1.90. The minimum Gasteiger partial charge on any atom is -0.276 e. The lowest BCUT2D eigenvalue weighted by atomic mass is 10.3. The third kappa shape index (κ3) is 3.46. The van der Waals surface area contributed by atoms with Gasteiger partial charge in [0.05, 0.1) is 11.0 Å². The minimum absolute atomic E-state index is 0.132. The summed E-state index contributed by atoms with van der Waals surface area (Å²) in [5.74, 6) is 0. The van der Waals surface area contributed by atoms with Crippen LogP contribution in [0.2, 0.25) is 0 Å². The Morgan fingerprint density at radius 1 is 1.13 bits per heavy atom. The Bertz CT molecular complexity index is 427. The first-order valence-corrected chi connectivity index (χ1v) is 4.05. The maximum absolute atomic E-state index is 8.98. The van der Waals surface area contributed by atoms with Crippen molar-refractivity contribution >= 4 is 23.5 Å². The summed E-state index contributed by atoms with van der Waals surface area (Å²) < 4.78 is 0. The molecule has 0 N–H and O–H groups in total. The summed E-state index contributed by atoms with van der Waals surface area (Å²) in [4.78, 5) is 28.6. The molecule has 74 valence electrons. The molecule has 0 aliphatic rings. The smallest absolute Gasteiger partial charge is 0.243 e. The molecule has 0 aliphatic carbocycles. The van der Waals surface area contributed by atoms with E-state index in [4.69, 9.17) is 9.59 Å². The fraction of sp³-hybridized carbons (Fsp3) is 0. The quantitative estimate of drug-likeness (QED) is 0.393. The van der Waals surface area contributed by atoms with Crippen molar-refractivity contribution in [1.82, 2.24) is 9.97 Å². The topological polar surface area (TPSA) is 72.3 Å². The average molecular weight is 201 g/mol. The van der Waals surface area contributed by atoms with Gasteiger partial charge in [-0.05, 0) is 12.1 Å². The zero-order valence-electron chi connectivity index (χ0n) is 7.70. The van der Waals surface area contributed by atoms with Crippen LogP contribution in [0.3, 0.4) is 0 Å². The Kier molecular flexibility index (Phi) is 4.36. The second-order valence-electron chi connectivity index (χ2n) is 2.37. The Labute approximate surface area is 85.5 Å². The normalized spacial score (nSPS) is 8.27. The van der Waals surface area contributed by atoms with Crippen molar-refractivity contribution in [2.45, 2.75) is 0 Å². The lowest BCUT2D eigenvalue weighted by molar-refractivity contribution is -0.106. The number of fused-ring (bicyclic) bond motifs is 1. The van der Waals surface area contributed by atoms with Crippen LogP contribution < -0.4 is 0 Å². The zero-order valence-corrected chi connectivity index (χ0v) is 7.70. The molecule has 0 fully saturated rings. The number of benzene rings is 1. The van der Waals surface area contributed by atoms with Crippen LogP contribution in [0.4, 0.5) is 0 Å². The monoisotopic (exact) mass is 201 g/mol. The van der Waals surface area contributed by atoms with Gasteiger partial charge in [-0.25, -0.2) is 4.79 Å². The van der Waals surface area contributed by atoms with Crippen LogP contribution >= 0.6 is 0 Å². The fourth-order valence-electron chi connectivity index (χ4n) is 0.931. The van der Waals surface area contributed by atoms with E-state index in [0.29, 0.717) is 0 Å². The number of amides is 1. The predicted octanol–water partition coefficient (Wildman–Crippen LogP) is 1.11. The van der Waals surface area contributed by atoms with Gasteiger partial charge in [0.25, 0.3) is 0 Å². The van der Waals surface area contributed by atoms with E-state index in [2.05, 4.69) is 15.0 Å². The molecule has 2 aromatic rings. The summed E-state index contributed by atoms with van der Waals surface area (Å²) in [7, 11) is 0. The molecular formula is C10H7N3O2. The van der Waals surface area contributed by atoms with Gasteiger partial charge in [0.15, 0.2) is 0 Å². The van der Waals surface area contributed by atoms with E-state index in [1.54, 1.807) is 12.4 Å². The molecule has 5 nitrogen and oxygen atoms in total. The van der Waals surface area contributed by atoms with Crippen molar-refractivity contribution in [3.05, 3.63) is 36.7 Å². The first kappa shape index (κ1) is 10.7. The van der Waals surface area contributed by atoms with Crippen LogP contribution in [0, 0.1) is 0 Å². The van der Waals surface area contributed by atoms with Crippen molar-refractivity contribution in [3.8, 4) is 0 Å². The lowest BCUT2D eigenvalue weighted by Crippen LogP contribution is -1.78. The molecule has 0 aliphatic heterocycles. The van der Waals surface area contributed by atoms with Crippen LogP contribution in [0.5, 0.6) is 0 Å². The van der Waals surface area contributed by atoms with Gasteiger partial charge in [0.2, 0.25) is 12.5 Å². The largest absolute Gasteiger partial charge is 0.276 e. The van der Waals surface area contributed by atoms with E-state index in [1.807, 2.05) is 24.3 Å². The molecule has 1 aromatic carbocycles. The van der Waals surface area contributed by atoms with Gasteiger partial charge in [0, 0.05) is 12.4 Å². The van der Waals surface area contributed by atoms with Crippen molar-refractivity contribution in [3.63, 3.8) is 0 Å². The number of hydrogen-bond donors (Lipinski definition) is 0. The van der Waals surface area contributed by atoms with E-state index in [1.165, 1.54) is 0 Å². The molecule has 0 saturated heterocycles. The lowest BCUT2D eigenvalue weighted by Gasteiger charge is -1.90. The summed E-state index contributed by atoms with van der Waals surface area (Å²) in [6.07, 6.45) is 4.55. The molecule has 1 aromatic heterocycles. The maximum Gasteiger partial charge on any atom is 0.243 e. The highest BCUT2D eigenvalue weighted by molar-refractivity contribution is 5.72. The predicted molar refractivity (Wildman–Crippen MR) is 53.7 cm³/mol. The molecule has 2 rings (SSSR count). The van der Waals surface area contributed by atoms with E-state index >= 15 is 0 Å². The highest BCUT2D eigenvalue weighted by atomic mass is 16.1. The van der Waals surface area contributed by atoms with Gasteiger partial charge in [-0.2, -0.15) is 0 Å². The molecular weight excluding hydrogens is 194 g/mol. The second kappa shape index (κ2) is 6.12. The molecule has 0 radical (unpaired) electrons. The number of para-hydroxylation sites is 2. The van der Waals surface area contributed by atoms with Crippen molar-refractivity contribution in [2.75, 3.05) is 0 Å². The summed E-state index contributed by atoms with van der Waals surface area (Å²) in [6, 6.07) is 7.80. The molecule has 0 saturated carbocycles. The molecule has 0 unspecified atom stereocenters. The van der Waals surface area contributed by atoms with Crippen LogP contribution in [0.15, 0.2) is 41.7 Å². The maximum atomic E-state index is 8.98. The molecule has 0 atom stereocenters.